The predicted molar refractivity (Wildman–Crippen MR) is 104 cm³/mol. The molecule has 0 aliphatic carbocycles. The third-order valence-electron chi connectivity index (χ3n) is 4.67. The smallest absolute Gasteiger partial charge is 0.337 e. The molecule has 2 aliphatic heterocycles. The molecule has 3 aromatic rings. The Kier molecular flexibility index (Phi) is 3.43. The third-order valence-corrected chi connectivity index (χ3v) is 4.67. The summed E-state index contributed by atoms with van der Waals surface area (Å²) in [6.07, 6.45) is 3.20. The summed E-state index contributed by atoms with van der Waals surface area (Å²) in [7, 11) is 0. The first-order chi connectivity index (χ1) is 13.1. The van der Waals surface area contributed by atoms with E-state index in [0.29, 0.717) is 11.4 Å². The second-order valence-corrected chi connectivity index (χ2v) is 6.69. The van der Waals surface area contributed by atoms with Crippen molar-refractivity contribution in [3.8, 4) is 0 Å². The van der Waals surface area contributed by atoms with Crippen molar-refractivity contribution in [3.63, 3.8) is 0 Å². The molecule has 6 heteroatoms. The summed E-state index contributed by atoms with van der Waals surface area (Å²) in [5, 5.41) is 9.52. The lowest BCUT2D eigenvalue weighted by Crippen LogP contribution is -1.97. The molecule has 0 fully saturated rings. The Bertz CT molecular complexity index is 1260. The van der Waals surface area contributed by atoms with Crippen molar-refractivity contribution in [3.05, 3.63) is 71.3 Å². The molecule has 0 saturated carbocycles. The minimum Gasteiger partial charge on any atom is -0.478 e. The molecular formula is C21H16N4O2. The van der Waals surface area contributed by atoms with Gasteiger partial charge in [-0.25, -0.2) is 9.78 Å². The lowest BCUT2D eigenvalue weighted by molar-refractivity contribution is -0.130. The number of nitrogens with zero attached hydrogens (tertiary/aromatic N) is 2. The molecule has 6 nitrogen and oxygen atoms in total. The molecule has 2 aliphatic rings. The number of nitrogens with one attached hydrogen (secondary N) is 2. The van der Waals surface area contributed by atoms with Gasteiger partial charge in [-0.1, -0.05) is 0 Å². The number of aryl methyl sites for hydroxylation is 2. The maximum absolute atomic E-state index is 11.6. The molecule has 8 bridgehead atoms. The molecule has 0 saturated heterocycles. The van der Waals surface area contributed by atoms with Crippen molar-refractivity contribution in [2.45, 2.75) is 12.8 Å². The highest BCUT2D eigenvalue weighted by molar-refractivity contribution is 6.21. The highest BCUT2D eigenvalue weighted by atomic mass is 16.4. The molecule has 5 heterocycles. The van der Waals surface area contributed by atoms with Gasteiger partial charge >= 0.3 is 5.97 Å². The number of aromatic nitrogens is 4. The van der Waals surface area contributed by atoms with Gasteiger partial charge in [0.1, 0.15) is 0 Å². The van der Waals surface area contributed by atoms with E-state index in [4.69, 9.17) is 0 Å². The van der Waals surface area contributed by atoms with E-state index in [1.165, 1.54) is 0 Å². The van der Waals surface area contributed by atoms with E-state index in [9.17, 15) is 9.90 Å². The van der Waals surface area contributed by atoms with Gasteiger partial charge in [0.25, 0.3) is 0 Å². The molecule has 0 atom stereocenters. The number of carboxylic acids is 1. The molecular weight excluding hydrogens is 340 g/mol. The van der Waals surface area contributed by atoms with Gasteiger partial charge in [0.15, 0.2) is 0 Å². The van der Waals surface area contributed by atoms with Crippen molar-refractivity contribution in [2.75, 3.05) is 0 Å². The zero-order valence-electron chi connectivity index (χ0n) is 14.4. The van der Waals surface area contributed by atoms with Crippen LogP contribution in [-0.4, -0.2) is 31.0 Å². The lowest BCUT2D eigenvalue weighted by atomic mass is 10.1. The Morgan fingerprint density at radius 1 is 0.815 bits per heavy atom. The lowest BCUT2D eigenvalue weighted by Gasteiger charge is -1.93. The summed E-state index contributed by atoms with van der Waals surface area (Å²) in [5.74, 6) is -0.986. The summed E-state index contributed by atoms with van der Waals surface area (Å²) in [5.41, 5.74) is 6.87. The fourth-order valence-corrected chi connectivity index (χ4v) is 3.43. The summed E-state index contributed by atoms with van der Waals surface area (Å²) in [6.45, 7) is 0. The van der Waals surface area contributed by atoms with E-state index in [0.717, 1.165) is 46.3 Å². The quantitative estimate of drug-likeness (QED) is 0.619. The number of H-pyrrole nitrogens is 2. The SMILES string of the molecule is O=C(O)C1=Cc2cc3ccc(cc4ccc(cc5nc(cc1n2)CC5)[nH]4)[nH]3. The van der Waals surface area contributed by atoms with E-state index >= 15 is 0 Å². The largest absolute Gasteiger partial charge is 0.478 e. The van der Waals surface area contributed by atoms with Crippen LogP contribution in [0.15, 0.2) is 48.5 Å². The number of fused-ring (bicyclic) bond motifs is 8. The fourth-order valence-electron chi connectivity index (χ4n) is 3.43. The molecule has 132 valence electrons. The minimum absolute atomic E-state index is 0.192. The Labute approximate surface area is 154 Å². The molecule has 3 aromatic heterocycles. The van der Waals surface area contributed by atoms with Gasteiger partial charge in [0.2, 0.25) is 0 Å². The van der Waals surface area contributed by atoms with Crippen molar-refractivity contribution in [1.82, 2.24) is 19.9 Å². The number of hydrogen-bond donors (Lipinski definition) is 3. The van der Waals surface area contributed by atoms with Gasteiger partial charge in [-0.05, 0) is 67.4 Å². The van der Waals surface area contributed by atoms with E-state index in [2.05, 4.69) is 19.9 Å². The van der Waals surface area contributed by atoms with Crippen molar-refractivity contribution in [1.29, 1.82) is 0 Å². The average Bonchev–Trinajstić information content (AvgIpc) is 3.38. The number of carbonyl (C=O) groups is 1. The fraction of sp³-hybridized carbons (Fsp3) is 0.0952. The first-order valence-corrected chi connectivity index (χ1v) is 8.74. The molecule has 3 N–H and O–H groups in total. The number of hydrogen-bond acceptors (Lipinski definition) is 3. The Balaban J connectivity index is 1.84. The predicted octanol–water partition coefficient (Wildman–Crippen LogP) is 3.73. The zero-order valence-corrected chi connectivity index (χ0v) is 14.4. The molecule has 0 radical (unpaired) electrons. The number of rotatable bonds is 1. The molecule has 0 spiro atoms. The van der Waals surface area contributed by atoms with Crippen LogP contribution < -0.4 is 0 Å². The van der Waals surface area contributed by atoms with Gasteiger partial charge < -0.3 is 15.1 Å². The van der Waals surface area contributed by atoms with Crippen molar-refractivity contribution >= 4 is 39.7 Å². The topological polar surface area (TPSA) is 94.7 Å². The van der Waals surface area contributed by atoms with E-state index in [1.54, 1.807) is 12.1 Å². The number of aliphatic carboxylic acids is 1. The number of aromatic amines is 2. The summed E-state index contributed by atoms with van der Waals surface area (Å²) in [6, 6.07) is 15.6. The zero-order chi connectivity index (χ0) is 18.4. The highest BCUT2D eigenvalue weighted by Gasteiger charge is 2.18. The van der Waals surface area contributed by atoms with Crippen LogP contribution in [0.3, 0.4) is 0 Å². The van der Waals surface area contributed by atoms with Crippen LogP contribution in [0.2, 0.25) is 0 Å². The van der Waals surface area contributed by atoms with Gasteiger partial charge in [-0.3, -0.25) is 4.98 Å². The summed E-state index contributed by atoms with van der Waals surface area (Å²) in [4.78, 5) is 27.4. The Hall–Kier alpha value is -3.67. The van der Waals surface area contributed by atoms with Gasteiger partial charge in [0.05, 0.1) is 17.0 Å². The third kappa shape index (κ3) is 3.01. The van der Waals surface area contributed by atoms with Crippen LogP contribution >= 0.6 is 0 Å². The summed E-state index contributed by atoms with van der Waals surface area (Å²) < 4.78 is 0. The van der Waals surface area contributed by atoms with Crippen LogP contribution in [0.25, 0.3) is 33.7 Å². The van der Waals surface area contributed by atoms with Crippen LogP contribution in [0.1, 0.15) is 22.8 Å². The number of carboxylic acid groups (broad SMARTS) is 1. The monoisotopic (exact) mass is 356 g/mol. The maximum atomic E-state index is 11.6. The second kappa shape index (κ2) is 5.95. The average molecular weight is 356 g/mol. The minimum atomic E-state index is -0.986. The van der Waals surface area contributed by atoms with E-state index in [1.807, 2.05) is 42.5 Å². The standard InChI is InChI=1S/C21H16N4O2/c26-21(27)19-10-18-9-16-4-3-14(23-16)7-12-1-2-13(22-12)8-15-5-6-17(24-15)11-20(19)25-18/h1-4,7-11,22-23H,5-6H2,(H,26,27). The first kappa shape index (κ1) is 15.6. The van der Waals surface area contributed by atoms with Crippen LogP contribution in [0, 0.1) is 0 Å². The van der Waals surface area contributed by atoms with Gasteiger partial charge in [0, 0.05) is 33.5 Å². The molecule has 27 heavy (non-hydrogen) atoms. The Morgan fingerprint density at radius 2 is 1.41 bits per heavy atom. The van der Waals surface area contributed by atoms with Crippen molar-refractivity contribution < 1.29 is 9.90 Å². The Morgan fingerprint density at radius 3 is 2.07 bits per heavy atom. The van der Waals surface area contributed by atoms with Crippen LogP contribution in [0.5, 0.6) is 0 Å². The molecule has 5 rings (SSSR count). The van der Waals surface area contributed by atoms with Gasteiger partial charge in [-0.2, -0.15) is 0 Å². The second-order valence-electron chi connectivity index (χ2n) is 6.69. The van der Waals surface area contributed by atoms with E-state index in [-0.39, 0.29) is 5.57 Å². The van der Waals surface area contributed by atoms with Crippen molar-refractivity contribution in [2.24, 2.45) is 0 Å². The highest BCUT2D eigenvalue weighted by Crippen LogP contribution is 2.23. The van der Waals surface area contributed by atoms with Gasteiger partial charge in [-0.15, -0.1) is 0 Å². The van der Waals surface area contributed by atoms with E-state index < -0.39 is 5.97 Å². The first-order valence-electron chi connectivity index (χ1n) is 8.74. The van der Waals surface area contributed by atoms with Crippen LogP contribution in [-0.2, 0) is 17.6 Å². The maximum Gasteiger partial charge on any atom is 0.337 e. The molecule has 0 aromatic carbocycles. The molecule has 0 amide bonds. The molecule has 0 unspecified atom stereocenters. The normalized spacial score (nSPS) is 13.4. The van der Waals surface area contributed by atoms with Crippen LogP contribution in [0.4, 0.5) is 0 Å². The summed E-state index contributed by atoms with van der Waals surface area (Å²) >= 11 is 0.